The van der Waals surface area contributed by atoms with Crippen LogP contribution >= 0.6 is 11.6 Å². The van der Waals surface area contributed by atoms with Crippen molar-refractivity contribution in [3.05, 3.63) is 70.3 Å². The number of methoxy groups -OCH3 is 1. The number of anilines is 1. The van der Waals surface area contributed by atoms with Gasteiger partial charge < -0.3 is 24.4 Å². The van der Waals surface area contributed by atoms with Crippen LogP contribution in [-0.4, -0.2) is 73.6 Å². The van der Waals surface area contributed by atoms with Crippen molar-refractivity contribution in [2.45, 2.75) is 75.2 Å². The van der Waals surface area contributed by atoms with Crippen LogP contribution in [0.3, 0.4) is 0 Å². The summed E-state index contributed by atoms with van der Waals surface area (Å²) in [7, 11) is -1.78. The molecular formula is C39H49ClN4O6S. The summed E-state index contributed by atoms with van der Waals surface area (Å²) in [5.74, 6) is 1.22. The van der Waals surface area contributed by atoms with Crippen molar-refractivity contribution in [3.63, 3.8) is 0 Å². The minimum atomic E-state index is -3.55. The molecule has 0 aromatic heterocycles. The summed E-state index contributed by atoms with van der Waals surface area (Å²) < 4.78 is 40.0. The topological polar surface area (TPSA) is 119 Å². The highest BCUT2D eigenvalue weighted by molar-refractivity contribution is 7.93. The van der Waals surface area contributed by atoms with Crippen LogP contribution in [0.5, 0.6) is 5.75 Å². The van der Waals surface area contributed by atoms with Gasteiger partial charge in [0.05, 0.1) is 36.9 Å². The maximum atomic E-state index is 14.8. The number of rotatable bonds is 3. The first-order chi connectivity index (χ1) is 24.6. The van der Waals surface area contributed by atoms with Crippen molar-refractivity contribution in [3.8, 4) is 5.75 Å². The number of fused-ring (bicyclic) bond motifs is 5. The number of urea groups is 1. The van der Waals surface area contributed by atoms with E-state index in [-0.39, 0.29) is 35.3 Å². The predicted octanol–water partition coefficient (Wildman–Crippen LogP) is 6.31. The van der Waals surface area contributed by atoms with E-state index in [2.05, 4.69) is 43.6 Å². The normalized spacial score (nSPS) is 37.7. The van der Waals surface area contributed by atoms with Crippen LogP contribution < -0.4 is 19.7 Å². The number of carbonyl (C=O) groups excluding carboxylic acids is 2. The van der Waals surface area contributed by atoms with Crippen LogP contribution in [0.15, 0.2) is 52.9 Å². The van der Waals surface area contributed by atoms with E-state index < -0.39 is 27.1 Å². The van der Waals surface area contributed by atoms with Gasteiger partial charge in [-0.05, 0) is 105 Å². The molecule has 2 N–H and O–H groups in total. The largest absolute Gasteiger partial charge is 0.490 e. The van der Waals surface area contributed by atoms with Gasteiger partial charge >= 0.3 is 6.03 Å². The van der Waals surface area contributed by atoms with Gasteiger partial charge in [0.15, 0.2) is 0 Å². The molecule has 1 spiro atoms. The average Bonchev–Trinajstić information content (AvgIpc) is 3.53. The molecule has 1 saturated heterocycles. The molecule has 3 fully saturated rings. The molecule has 3 aliphatic carbocycles. The molecule has 3 heterocycles. The fourth-order valence-corrected chi connectivity index (χ4v) is 11.3. The van der Waals surface area contributed by atoms with Gasteiger partial charge in [-0.1, -0.05) is 36.7 Å². The summed E-state index contributed by atoms with van der Waals surface area (Å²) in [5.41, 5.74) is 3.44. The minimum Gasteiger partial charge on any atom is -0.490 e. The number of nitrogens with one attached hydrogen (secondary N) is 2. The lowest BCUT2D eigenvalue weighted by molar-refractivity contribution is 0.0131. The van der Waals surface area contributed by atoms with Crippen molar-refractivity contribution in [1.29, 1.82) is 0 Å². The van der Waals surface area contributed by atoms with Crippen LogP contribution in [0, 0.1) is 29.6 Å². The number of hydrogen-bond acceptors (Lipinski definition) is 7. The lowest BCUT2D eigenvalue weighted by atomic mass is 9.68. The summed E-state index contributed by atoms with van der Waals surface area (Å²) in [6.07, 6.45) is 9.95. The second-order valence-corrected chi connectivity index (χ2v) is 18.5. The van der Waals surface area contributed by atoms with Gasteiger partial charge in [-0.2, -0.15) is 0 Å². The molecule has 2 aromatic carbocycles. The molecule has 2 unspecified atom stereocenters. The van der Waals surface area contributed by atoms with Gasteiger partial charge in [0.25, 0.3) is 5.91 Å². The summed E-state index contributed by atoms with van der Waals surface area (Å²) in [4.78, 5) is 29.8. The Morgan fingerprint density at radius 3 is 2.71 bits per heavy atom. The van der Waals surface area contributed by atoms with E-state index in [1.165, 1.54) is 11.1 Å². The lowest BCUT2D eigenvalue weighted by Crippen LogP contribution is -2.49. The predicted molar refractivity (Wildman–Crippen MR) is 198 cm³/mol. The third-order valence-electron chi connectivity index (χ3n) is 12.8. The highest BCUT2D eigenvalue weighted by atomic mass is 35.5. The van der Waals surface area contributed by atoms with Gasteiger partial charge in [0.2, 0.25) is 0 Å². The molecule has 0 radical (unpaired) electrons. The molecule has 12 heteroatoms. The van der Waals surface area contributed by atoms with E-state index in [0.29, 0.717) is 49.4 Å². The quantitative estimate of drug-likeness (QED) is 0.355. The van der Waals surface area contributed by atoms with Crippen molar-refractivity contribution < 1.29 is 28.0 Å². The van der Waals surface area contributed by atoms with Crippen molar-refractivity contribution in [1.82, 2.24) is 10.0 Å². The first-order valence-electron chi connectivity index (χ1n) is 18.5. The smallest absolute Gasteiger partial charge is 0.327 e. The number of allylic oxidation sites excluding steroid dienone is 1. The maximum absolute atomic E-state index is 14.8. The zero-order valence-corrected chi connectivity index (χ0v) is 31.2. The Morgan fingerprint density at radius 2 is 1.94 bits per heavy atom. The number of nitrogens with zero attached hydrogens (tertiary/aromatic N) is 2. The molecular weight excluding hydrogens is 688 g/mol. The van der Waals surface area contributed by atoms with Gasteiger partial charge in [0.1, 0.15) is 15.7 Å². The Morgan fingerprint density at radius 1 is 1.12 bits per heavy atom. The first kappa shape index (κ1) is 34.9. The van der Waals surface area contributed by atoms with Crippen molar-refractivity contribution in [2.75, 3.05) is 44.9 Å². The van der Waals surface area contributed by atoms with E-state index in [9.17, 15) is 13.8 Å². The van der Waals surface area contributed by atoms with E-state index in [1.807, 2.05) is 25.1 Å². The molecule has 3 amide bonds. The van der Waals surface area contributed by atoms with Crippen molar-refractivity contribution >= 4 is 39.1 Å². The van der Waals surface area contributed by atoms with E-state index in [0.717, 1.165) is 55.9 Å². The zero-order valence-electron chi connectivity index (χ0n) is 29.6. The maximum Gasteiger partial charge on any atom is 0.327 e. The summed E-state index contributed by atoms with van der Waals surface area (Å²) >= 11 is 6.46. The number of carbonyl (C=O) groups is 2. The minimum absolute atomic E-state index is 0.0208. The number of benzene rings is 2. The van der Waals surface area contributed by atoms with Gasteiger partial charge in [-0.15, -0.1) is 4.36 Å². The third kappa shape index (κ3) is 6.57. The standard InChI is InChI=1S/C39H49ClN4O6S/c1-23-6-4-8-34(48-3)29-12-9-27(29)18-44-21-39(15-5-7-25-16-28(40)11-13-32(25)39)22-50-35-14-10-26(17-33(35)44)37(45)42-51(47,24(23)2)43-38(46)41-36-30-19-49-20-31(30)36/h4,8,10-11,13-14,16-17,23-24,27,29-31,34,36H,5-7,9,12,15,18-22H2,1-3H3,(H2,41,42,43,45,46,47)/b8-4+/t23-,24+,27-,29+,30-,31+,34-,36?,39-,51?/m0/s1. The van der Waals surface area contributed by atoms with Crippen LogP contribution in [0.2, 0.25) is 5.02 Å². The molecule has 3 aliphatic heterocycles. The zero-order chi connectivity index (χ0) is 35.5. The number of ether oxygens (including phenoxy) is 3. The van der Waals surface area contributed by atoms with Crippen molar-refractivity contribution in [2.24, 2.45) is 34.0 Å². The molecule has 10 nitrogen and oxygen atoms in total. The Balaban J connectivity index is 1.18. The Hall–Kier alpha value is -3.12. The fraction of sp³-hybridized carbons (Fsp3) is 0.590. The monoisotopic (exact) mass is 736 g/mol. The molecule has 2 bridgehead atoms. The fourth-order valence-electron chi connectivity index (χ4n) is 9.26. The molecule has 51 heavy (non-hydrogen) atoms. The SMILES string of the molecule is CO[C@H]1/C=C/C[C@H](C)[C@@H](C)S(=O)(NC(=O)NC2[C@H]3COC[C@@H]23)=NC(=O)c2ccc3c(c2)N(C[C@@H]2CC[C@H]21)C[C@@]1(CCCc2cc(Cl)ccc21)CO3. The van der Waals surface area contributed by atoms with E-state index in [1.54, 1.807) is 20.1 Å². The number of aryl methyl sites for hydroxylation is 1. The van der Waals surface area contributed by atoms with Gasteiger partial charge in [-0.3, -0.25) is 4.79 Å². The third-order valence-corrected chi connectivity index (χ3v) is 15.4. The van der Waals surface area contributed by atoms with Gasteiger partial charge in [0, 0.05) is 54.1 Å². The molecule has 2 saturated carbocycles. The Labute approximate surface area is 306 Å². The average molecular weight is 737 g/mol. The molecule has 6 aliphatic rings. The molecule has 8 rings (SSSR count). The molecule has 10 atom stereocenters. The van der Waals surface area contributed by atoms with Crippen LogP contribution in [0.4, 0.5) is 10.5 Å². The number of hydrogen-bond donors (Lipinski definition) is 2. The van der Waals surface area contributed by atoms with Gasteiger partial charge in [-0.25, -0.2) is 13.7 Å². The molecule has 2 aromatic rings. The highest BCUT2D eigenvalue weighted by Gasteiger charge is 2.55. The van der Waals surface area contributed by atoms with Crippen LogP contribution in [0.25, 0.3) is 0 Å². The number of halogens is 1. The van der Waals surface area contributed by atoms with E-state index >= 15 is 0 Å². The Kier molecular flexibility index (Phi) is 9.38. The summed E-state index contributed by atoms with van der Waals surface area (Å²) in [6, 6.07) is 11.0. The second kappa shape index (κ2) is 13.7. The van der Waals surface area contributed by atoms with Crippen LogP contribution in [0.1, 0.15) is 67.4 Å². The first-order valence-corrected chi connectivity index (χ1v) is 20.5. The molecule has 274 valence electrons. The Bertz CT molecular complexity index is 1850. The lowest BCUT2D eigenvalue weighted by Gasteiger charge is -2.46. The second-order valence-electron chi connectivity index (χ2n) is 15.8. The van der Waals surface area contributed by atoms with E-state index in [4.69, 9.17) is 25.8 Å². The highest BCUT2D eigenvalue weighted by Crippen LogP contribution is 2.47. The summed E-state index contributed by atoms with van der Waals surface area (Å²) in [6.45, 7) is 7.03. The number of amides is 3. The van der Waals surface area contributed by atoms with Crippen LogP contribution in [-0.2, 0) is 31.2 Å². The summed E-state index contributed by atoms with van der Waals surface area (Å²) in [5, 5.41) is 3.09.